The van der Waals surface area contributed by atoms with Gasteiger partial charge in [0.1, 0.15) is 36.9 Å². The molecule has 0 aromatic heterocycles. The van der Waals surface area contributed by atoms with E-state index >= 15 is 0 Å². The van der Waals surface area contributed by atoms with E-state index in [0.29, 0.717) is 11.5 Å². The number of ether oxygens (including phenoxy) is 2. The average molecular weight is 386 g/mol. The van der Waals surface area contributed by atoms with Crippen molar-refractivity contribution in [3.8, 4) is 11.5 Å². The minimum absolute atomic E-state index is 0.0358. The number of aliphatic hydroxyl groups is 4. The van der Waals surface area contributed by atoms with Gasteiger partial charge in [0.2, 0.25) is 0 Å². The largest absolute Gasteiger partial charge is 0.489 e. The summed E-state index contributed by atoms with van der Waals surface area (Å²) < 4.78 is 11.9. The van der Waals surface area contributed by atoms with Crippen molar-refractivity contribution in [2.24, 2.45) is 0 Å². The Labute approximate surface area is 163 Å². The molecule has 0 aliphatic heterocycles. The normalized spacial score (nSPS) is 13.6. The second-order valence-electron chi connectivity index (χ2n) is 7.05. The fourth-order valence-electron chi connectivity index (χ4n) is 3.15. The van der Waals surface area contributed by atoms with Gasteiger partial charge in [-0.1, -0.05) is 35.4 Å². The highest BCUT2D eigenvalue weighted by Gasteiger charge is 2.18. The number of hydrogen-bond acceptors (Lipinski definition) is 6. The smallest absolute Gasteiger partial charge is 0.135 e. The molecular weight excluding hydrogens is 360 g/mol. The van der Waals surface area contributed by atoms with E-state index in [-0.39, 0.29) is 26.4 Å². The van der Waals surface area contributed by atoms with Crippen LogP contribution in [-0.4, -0.2) is 59.1 Å². The molecule has 0 saturated carbocycles. The van der Waals surface area contributed by atoms with Crippen molar-refractivity contribution in [1.29, 1.82) is 0 Å². The highest BCUT2D eigenvalue weighted by atomic mass is 16.5. The van der Waals surface area contributed by atoms with E-state index in [1.807, 2.05) is 50.2 Å². The molecule has 0 spiro atoms. The molecule has 0 bridgehead atoms. The van der Waals surface area contributed by atoms with Gasteiger partial charge in [-0.2, -0.15) is 0 Å². The van der Waals surface area contributed by atoms with Crippen LogP contribution in [0.25, 0.3) is 21.5 Å². The van der Waals surface area contributed by atoms with Crippen LogP contribution in [0.5, 0.6) is 11.5 Å². The van der Waals surface area contributed by atoms with Crippen molar-refractivity contribution in [3.05, 3.63) is 47.5 Å². The third-order valence-electron chi connectivity index (χ3n) is 4.59. The highest BCUT2D eigenvalue weighted by Crippen LogP contribution is 2.43. The first-order valence-corrected chi connectivity index (χ1v) is 9.24. The zero-order valence-corrected chi connectivity index (χ0v) is 16.1. The topological polar surface area (TPSA) is 99.4 Å². The molecule has 4 N–H and O–H groups in total. The first-order chi connectivity index (χ1) is 13.4. The lowest BCUT2D eigenvalue weighted by molar-refractivity contribution is 0.0539. The molecule has 2 unspecified atom stereocenters. The lowest BCUT2D eigenvalue weighted by Crippen LogP contribution is -2.22. The second kappa shape index (κ2) is 8.75. The van der Waals surface area contributed by atoms with E-state index in [9.17, 15) is 10.2 Å². The van der Waals surface area contributed by atoms with Gasteiger partial charge < -0.3 is 29.9 Å². The van der Waals surface area contributed by atoms with E-state index < -0.39 is 12.2 Å². The van der Waals surface area contributed by atoms with Gasteiger partial charge in [0.25, 0.3) is 0 Å². The summed E-state index contributed by atoms with van der Waals surface area (Å²) in [6.45, 7) is 3.11. The molecule has 3 aromatic carbocycles. The monoisotopic (exact) mass is 386 g/mol. The maximum atomic E-state index is 9.74. The summed E-state index contributed by atoms with van der Waals surface area (Å²) in [5.74, 6) is 1.22. The minimum atomic E-state index is -0.976. The maximum Gasteiger partial charge on any atom is 0.135 e. The summed E-state index contributed by atoms with van der Waals surface area (Å²) in [5, 5.41) is 41.0. The van der Waals surface area contributed by atoms with Crippen molar-refractivity contribution in [2.45, 2.75) is 26.1 Å². The SMILES string of the molecule is Cc1ccc2c(OCC(O)CO)c3cc(C)ccc3c(OCC(O)CO)c2c1. The molecule has 28 heavy (non-hydrogen) atoms. The van der Waals surface area contributed by atoms with Crippen LogP contribution in [0, 0.1) is 13.8 Å². The van der Waals surface area contributed by atoms with Crippen LogP contribution < -0.4 is 9.47 Å². The molecule has 0 amide bonds. The summed E-state index contributed by atoms with van der Waals surface area (Å²) in [5.41, 5.74) is 2.07. The molecule has 0 fully saturated rings. The third kappa shape index (κ3) is 4.20. The summed E-state index contributed by atoms with van der Waals surface area (Å²) in [7, 11) is 0. The fourth-order valence-corrected chi connectivity index (χ4v) is 3.15. The Balaban J connectivity index is 2.24. The Kier molecular flexibility index (Phi) is 6.36. The number of aryl methyl sites for hydroxylation is 2. The lowest BCUT2D eigenvalue weighted by Gasteiger charge is -2.20. The van der Waals surface area contributed by atoms with Crippen molar-refractivity contribution >= 4 is 21.5 Å². The van der Waals surface area contributed by atoms with Crippen LogP contribution in [0.4, 0.5) is 0 Å². The summed E-state index contributed by atoms with van der Waals surface area (Å²) >= 11 is 0. The molecule has 0 radical (unpaired) electrons. The van der Waals surface area contributed by atoms with Gasteiger partial charge in [-0.05, 0) is 26.0 Å². The van der Waals surface area contributed by atoms with Crippen LogP contribution in [0.15, 0.2) is 36.4 Å². The fraction of sp³-hybridized carbons (Fsp3) is 0.364. The zero-order valence-electron chi connectivity index (χ0n) is 16.1. The number of aliphatic hydroxyl groups excluding tert-OH is 4. The molecule has 0 saturated heterocycles. The van der Waals surface area contributed by atoms with Gasteiger partial charge in [0.15, 0.2) is 0 Å². The Hall–Kier alpha value is -2.38. The highest BCUT2D eigenvalue weighted by molar-refractivity contribution is 6.11. The zero-order chi connectivity index (χ0) is 20.3. The first-order valence-electron chi connectivity index (χ1n) is 9.24. The van der Waals surface area contributed by atoms with Gasteiger partial charge in [-0.25, -0.2) is 0 Å². The molecule has 3 rings (SSSR count). The Morgan fingerprint density at radius 1 is 0.679 bits per heavy atom. The lowest BCUT2D eigenvalue weighted by atomic mass is 9.97. The van der Waals surface area contributed by atoms with E-state index in [0.717, 1.165) is 32.7 Å². The van der Waals surface area contributed by atoms with E-state index in [4.69, 9.17) is 19.7 Å². The quantitative estimate of drug-likeness (QED) is 0.443. The van der Waals surface area contributed by atoms with Crippen LogP contribution in [0.3, 0.4) is 0 Å². The van der Waals surface area contributed by atoms with Gasteiger partial charge in [0, 0.05) is 21.5 Å². The predicted octanol–water partition coefficient (Wildman–Crippen LogP) is 2.07. The molecule has 0 aliphatic carbocycles. The standard InChI is InChI=1S/C22H26O6/c1-13-3-5-17-19(7-13)21(27-11-15(25)9-23)18-6-4-14(2)8-20(18)22(17)28-12-16(26)10-24/h3-8,15-16,23-26H,9-12H2,1-2H3. The maximum absolute atomic E-state index is 9.74. The molecule has 0 aliphatic rings. The van der Waals surface area contributed by atoms with Gasteiger partial charge >= 0.3 is 0 Å². The average Bonchev–Trinajstić information content (AvgIpc) is 2.69. The third-order valence-corrected chi connectivity index (χ3v) is 4.59. The number of hydrogen-bond donors (Lipinski definition) is 4. The summed E-state index contributed by atoms with van der Waals surface area (Å²) in [4.78, 5) is 0. The molecule has 3 aromatic rings. The molecule has 6 heteroatoms. The molecular formula is C22H26O6. The van der Waals surface area contributed by atoms with Crippen molar-refractivity contribution < 1.29 is 29.9 Å². The summed E-state index contributed by atoms with van der Waals surface area (Å²) in [6, 6.07) is 11.7. The van der Waals surface area contributed by atoms with E-state index in [1.54, 1.807) is 0 Å². The van der Waals surface area contributed by atoms with E-state index in [2.05, 4.69) is 0 Å². The van der Waals surface area contributed by atoms with Gasteiger partial charge in [0.05, 0.1) is 13.2 Å². The van der Waals surface area contributed by atoms with E-state index in [1.165, 1.54) is 0 Å². The summed E-state index contributed by atoms with van der Waals surface area (Å²) in [6.07, 6.45) is -1.95. The van der Waals surface area contributed by atoms with Crippen LogP contribution in [-0.2, 0) is 0 Å². The molecule has 0 heterocycles. The second-order valence-corrected chi connectivity index (χ2v) is 7.05. The van der Waals surface area contributed by atoms with Crippen LogP contribution in [0.2, 0.25) is 0 Å². The number of rotatable bonds is 8. The number of fused-ring (bicyclic) bond motifs is 2. The molecule has 150 valence electrons. The molecule has 6 nitrogen and oxygen atoms in total. The van der Waals surface area contributed by atoms with Crippen molar-refractivity contribution in [2.75, 3.05) is 26.4 Å². The Bertz CT molecular complexity index is 889. The van der Waals surface area contributed by atoms with Gasteiger partial charge in [-0.3, -0.25) is 0 Å². The Morgan fingerprint density at radius 2 is 1.07 bits per heavy atom. The van der Waals surface area contributed by atoms with Gasteiger partial charge in [-0.15, -0.1) is 0 Å². The minimum Gasteiger partial charge on any atom is -0.489 e. The van der Waals surface area contributed by atoms with Crippen LogP contribution in [0.1, 0.15) is 11.1 Å². The number of benzene rings is 3. The molecule has 2 atom stereocenters. The van der Waals surface area contributed by atoms with Crippen LogP contribution >= 0.6 is 0 Å². The predicted molar refractivity (Wildman–Crippen MR) is 108 cm³/mol. The Morgan fingerprint density at radius 3 is 1.43 bits per heavy atom. The first kappa shape index (κ1) is 20.4. The van der Waals surface area contributed by atoms with Crippen molar-refractivity contribution in [3.63, 3.8) is 0 Å². The van der Waals surface area contributed by atoms with Crippen molar-refractivity contribution in [1.82, 2.24) is 0 Å².